The Labute approximate surface area is 145 Å². The summed E-state index contributed by atoms with van der Waals surface area (Å²) >= 11 is 6.06. The van der Waals surface area contributed by atoms with E-state index in [-0.39, 0.29) is 0 Å². The molecule has 0 aliphatic carbocycles. The second kappa shape index (κ2) is 6.79. The monoisotopic (exact) mass is 343 g/mol. The van der Waals surface area contributed by atoms with Crippen LogP contribution in [0.5, 0.6) is 0 Å². The number of hydrogen-bond donors (Lipinski definition) is 0. The summed E-state index contributed by atoms with van der Waals surface area (Å²) in [6.07, 6.45) is 5.26. The molecule has 0 saturated carbocycles. The van der Waals surface area contributed by atoms with Crippen LogP contribution in [0.2, 0.25) is 5.02 Å². The molecule has 3 heterocycles. The largest absolute Gasteiger partial charge is 0.472 e. The molecule has 1 saturated heterocycles. The van der Waals surface area contributed by atoms with Crippen molar-refractivity contribution in [1.82, 2.24) is 15.1 Å². The number of halogens is 1. The Morgan fingerprint density at radius 2 is 2.04 bits per heavy atom. The van der Waals surface area contributed by atoms with E-state index in [2.05, 4.69) is 21.2 Å². The van der Waals surface area contributed by atoms with Crippen LogP contribution in [0.1, 0.15) is 30.2 Å². The molecule has 0 bridgehead atoms. The number of nitrogens with zero attached hydrogens (tertiary/aromatic N) is 3. The quantitative estimate of drug-likeness (QED) is 0.704. The highest BCUT2D eigenvalue weighted by Crippen LogP contribution is 2.30. The summed E-state index contributed by atoms with van der Waals surface area (Å²) in [6, 6.07) is 9.88. The fraction of sp³-hybridized carbons (Fsp3) is 0.333. The Morgan fingerprint density at radius 3 is 2.79 bits per heavy atom. The molecule has 4 rings (SSSR count). The molecule has 0 amide bonds. The van der Waals surface area contributed by atoms with Crippen LogP contribution in [0, 0.1) is 0 Å². The first-order valence-electron chi connectivity index (χ1n) is 8.11. The molecular weight excluding hydrogens is 326 g/mol. The first kappa shape index (κ1) is 15.4. The number of hydrogen-bond acceptors (Lipinski definition) is 5. The molecule has 0 N–H and O–H groups in total. The number of aromatic nitrogens is 2. The van der Waals surface area contributed by atoms with Gasteiger partial charge in [0.1, 0.15) is 6.26 Å². The van der Waals surface area contributed by atoms with Crippen molar-refractivity contribution < 1.29 is 8.83 Å². The number of rotatable bonds is 4. The molecular formula is C18H18ClN3O2. The third kappa shape index (κ3) is 3.37. The summed E-state index contributed by atoms with van der Waals surface area (Å²) in [7, 11) is 0. The molecule has 0 atom stereocenters. The maximum Gasteiger partial charge on any atom is 0.250 e. The van der Waals surface area contributed by atoms with Gasteiger partial charge in [0.25, 0.3) is 5.89 Å². The zero-order chi connectivity index (χ0) is 16.4. The zero-order valence-corrected chi connectivity index (χ0v) is 13.9. The van der Waals surface area contributed by atoms with Crippen molar-refractivity contribution in [3.63, 3.8) is 0 Å². The SMILES string of the molecule is Clc1cccc(CN2CCC(c3nnc(-c4ccoc4)o3)CC2)c1. The van der Waals surface area contributed by atoms with Gasteiger partial charge in [-0.3, -0.25) is 4.90 Å². The molecule has 5 nitrogen and oxygen atoms in total. The van der Waals surface area contributed by atoms with Gasteiger partial charge in [-0.2, -0.15) is 0 Å². The van der Waals surface area contributed by atoms with E-state index in [1.807, 2.05) is 24.3 Å². The first-order valence-corrected chi connectivity index (χ1v) is 8.48. The fourth-order valence-corrected chi connectivity index (χ4v) is 3.35. The predicted molar refractivity (Wildman–Crippen MR) is 90.7 cm³/mol. The summed E-state index contributed by atoms with van der Waals surface area (Å²) in [6.45, 7) is 2.96. The molecule has 0 unspecified atom stereocenters. The third-order valence-corrected chi connectivity index (χ3v) is 4.68. The lowest BCUT2D eigenvalue weighted by Gasteiger charge is -2.30. The Hall–Kier alpha value is -2.11. The standard InChI is InChI=1S/C18H18ClN3O2/c19-16-3-1-2-13(10-16)11-22-7-4-14(5-8-22)17-20-21-18(24-17)15-6-9-23-12-15/h1-3,6,9-10,12,14H,4-5,7-8,11H2. The van der Waals surface area contributed by atoms with Crippen molar-refractivity contribution in [1.29, 1.82) is 0 Å². The second-order valence-corrected chi connectivity index (χ2v) is 6.57. The minimum absolute atomic E-state index is 0.328. The molecule has 0 spiro atoms. The Kier molecular flexibility index (Phi) is 4.36. The number of likely N-dealkylation sites (tertiary alicyclic amines) is 1. The lowest BCUT2D eigenvalue weighted by atomic mass is 9.96. The van der Waals surface area contributed by atoms with Crippen LogP contribution < -0.4 is 0 Å². The van der Waals surface area contributed by atoms with Crippen LogP contribution in [0.25, 0.3) is 11.5 Å². The molecule has 2 aromatic heterocycles. The van der Waals surface area contributed by atoms with Crippen molar-refractivity contribution in [3.05, 3.63) is 59.3 Å². The Balaban J connectivity index is 1.36. The number of furan rings is 1. The molecule has 0 radical (unpaired) electrons. The van der Waals surface area contributed by atoms with Crippen LogP contribution in [0.4, 0.5) is 0 Å². The van der Waals surface area contributed by atoms with Gasteiger partial charge in [-0.25, -0.2) is 0 Å². The average molecular weight is 344 g/mol. The van der Waals surface area contributed by atoms with E-state index >= 15 is 0 Å². The Morgan fingerprint density at radius 1 is 1.17 bits per heavy atom. The van der Waals surface area contributed by atoms with Gasteiger partial charge in [0.15, 0.2) is 0 Å². The van der Waals surface area contributed by atoms with Crippen LogP contribution in [0.3, 0.4) is 0 Å². The van der Waals surface area contributed by atoms with Crippen molar-refractivity contribution in [2.24, 2.45) is 0 Å². The smallest absolute Gasteiger partial charge is 0.250 e. The summed E-state index contributed by atoms with van der Waals surface area (Å²) in [5.41, 5.74) is 2.08. The number of benzene rings is 1. The van der Waals surface area contributed by atoms with Gasteiger partial charge in [0.2, 0.25) is 5.89 Å². The highest BCUT2D eigenvalue weighted by Gasteiger charge is 2.25. The molecule has 124 valence electrons. The lowest BCUT2D eigenvalue weighted by Crippen LogP contribution is -2.32. The highest BCUT2D eigenvalue weighted by molar-refractivity contribution is 6.30. The minimum atomic E-state index is 0.328. The zero-order valence-electron chi connectivity index (χ0n) is 13.2. The summed E-state index contributed by atoms with van der Waals surface area (Å²) in [4.78, 5) is 2.44. The van der Waals surface area contributed by atoms with Crippen molar-refractivity contribution in [3.8, 4) is 11.5 Å². The van der Waals surface area contributed by atoms with Crippen molar-refractivity contribution >= 4 is 11.6 Å². The van der Waals surface area contributed by atoms with Gasteiger partial charge in [0.05, 0.1) is 11.8 Å². The normalized spacial score (nSPS) is 16.5. The maximum atomic E-state index is 6.06. The van der Waals surface area contributed by atoms with Gasteiger partial charge in [-0.05, 0) is 49.7 Å². The molecule has 1 aliphatic rings. The lowest BCUT2D eigenvalue weighted by molar-refractivity contribution is 0.193. The predicted octanol–water partition coefficient (Wildman–Crippen LogP) is 4.36. The molecule has 1 aromatic carbocycles. The van der Waals surface area contributed by atoms with Gasteiger partial charge in [-0.1, -0.05) is 23.7 Å². The molecule has 1 fully saturated rings. The third-order valence-electron chi connectivity index (χ3n) is 4.44. The molecule has 6 heteroatoms. The van der Waals surface area contributed by atoms with E-state index in [1.165, 1.54) is 5.56 Å². The summed E-state index contributed by atoms with van der Waals surface area (Å²) in [5.74, 6) is 1.59. The van der Waals surface area contributed by atoms with E-state index in [1.54, 1.807) is 12.5 Å². The number of piperidine rings is 1. The summed E-state index contributed by atoms with van der Waals surface area (Å²) < 4.78 is 10.9. The van der Waals surface area contributed by atoms with Crippen LogP contribution >= 0.6 is 11.6 Å². The van der Waals surface area contributed by atoms with E-state index in [4.69, 9.17) is 20.4 Å². The van der Waals surface area contributed by atoms with E-state index in [0.29, 0.717) is 11.8 Å². The van der Waals surface area contributed by atoms with Crippen LogP contribution in [0.15, 0.2) is 51.7 Å². The fourth-order valence-electron chi connectivity index (χ4n) is 3.13. The van der Waals surface area contributed by atoms with Crippen molar-refractivity contribution in [2.45, 2.75) is 25.3 Å². The van der Waals surface area contributed by atoms with Gasteiger partial charge in [0, 0.05) is 17.5 Å². The average Bonchev–Trinajstić information content (AvgIpc) is 3.27. The molecule has 24 heavy (non-hydrogen) atoms. The summed E-state index contributed by atoms with van der Waals surface area (Å²) in [5, 5.41) is 9.14. The second-order valence-electron chi connectivity index (χ2n) is 6.14. The first-order chi connectivity index (χ1) is 11.8. The van der Waals surface area contributed by atoms with Crippen LogP contribution in [-0.2, 0) is 6.54 Å². The van der Waals surface area contributed by atoms with E-state index in [0.717, 1.165) is 49.0 Å². The van der Waals surface area contributed by atoms with Crippen LogP contribution in [-0.4, -0.2) is 28.2 Å². The van der Waals surface area contributed by atoms with Crippen molar-refractivity contribution in [2.75, 3.05) is 13.1 Å². The minimum Gasteiger partial charge on any atom is -0.472 e. The highest BCUT2D eigenvalue weighted by atomic mass is 35.5. The van der Waals surface area contributed by atoms with Gasteiger partial charge in [-0.15, -0.1) is 10.2 Å². The van der Waals surface area contributed by atoms with Gasteiger partial charge >= 0.3 is 0 Å². The maximum absolute atomic E-state index is 6.06. The van der Waals surface area contributed by atoms with E-state index in [9.17, 15) is 0 Å². The topological polar surface area (TPSA) is 55.3 Å². The Bertz CT molecular complexity index is 792. The molecule has 1 aliphatic heterocycles. The molecule has 3 aromatic rings. The van der Waals surface area contributed by atoms with E-state index < -0.39 is 0 Å². The van der Waals surface area contributed by atoms with Gasteiger partial charge < -0.3 is 8.83 Å².